The Morgan fingerprint density at radius 3 is 2.89 bits per heavy atom. The molecule has 2 N–H and O–H groups in total. The van der Waals surface area contributed by atoms with Gasteiger partial charge in [0.05, 0.1) is 6.20 Å². The zero-order chi connectivity index (χ0) is 13.2. The molecular weight excluding hydrogens is 240 g/mol. The van der Waals surface area contributed by atoms with E-state index >= 15 is 0 Å². The molecule has 0 bridgehead atoms. The second-order valence-corrected chi connectivity index (χ2v) is 5.76. The molecule has 1 fully saturated rings. The van der Waals surface area contributed by atoms with Crippen molar-refractivity contribution < 1.29 is 4.79 Å². The Morgan fingerprint density at radius 1 is 1.37 bits per heavy atom. The average molecular weight is 262 g/mol. The molecule has 0 spiro atoms. The molecule has 1 saturated heterocycles. The molecule has 0 saturated carbocycles. The van der Waals surface area contributed by atoms with Crippen LogP contribution in [0, 0.1) is 0 Å². The molecule has 1 aliphatic carbocycles. The van der Waals surface area contributed by atoms with Crippen molar-refractivity contribution in [2.24, 2.45) is 0 Å². The number of H-pyrrole nitrogens is 1. The first-order valence-corrected chi connectivity index (χ1v) is 7.25. The number of carbonyl (C=O) groups is 1. The summed E-state index contributed by atoms with van der Waals surface area (Å²) in [6.07, 6.45) is 7.48. The molecule has 0 aromatic carbocycles. The largest absolute Gasteiger partial charge is 0.343 e. The molecule has 2 heterocycles. The molecule has 2 aliphatic rings. The van der Waals surface area contributed by atoms with E-state index in [4.69, 9.17) is 0 Å². The molecule has 1 amide bonds. The van der Waals surface area contributed by atoms with Crippen molar-refractivity contribution in [3.8, 4) is 0 Å². The third-order valence-electron chi connectivity index (χ3n) is 4.43. The van der Waals surface area contributed by atoms with Crippen molar-refractivity contribution in [1.82, 2.24) is 20.4 Å². The van der Waals surface area contributed by atoms with Crippen molar-refractivity contribution in [3.05, 3.63) is 17.5 Å². The Kier molecular flexibility index (Phi) is 3.55. The molecule has 104 valence electrons. The van der Waals surface area contributed by atoms with E-state index in [1.165, 1.54) is 17.7 Å². The lowest BCUT2D eigenvalue weighted by atomic mass is 9.92. The van der Waals surface area contributed by atoms with Crippen LogP contribution >= 0.6 is 0 Å². The number of hydrogen-bond donors (Lipinski definition) is 2. The number of rotatable bonds is 2. The molecular formula is C14H22N4O. The highest BCUT2D eigenvalue weighted by atomic mass is 16.2. The van der Waals surface area contributed by atoms with Gasteiger partial charge in [-0.05, 0) is 31.2 Å². The Bertz CT molecular complexity index is 448. The lowest BCUT2D eigenvalue weighted by molar-refractivity contribution is -0.129. The first kappa shape index (κ1) is 12.7. The standard InChI is InChI=1S/C14H22N4O/c1-10(19)18-6-4-12(5-7-18)16-13-3-2-11-9-15-17-14(11)8-13/h9,12-13,16H,2-8H2,1H3,(H,15,17)/t13-/m1/s1. The van der Waals surface area contributed by atoms with E-state index in [0.717, 1.165) is 38.8 Å². The number of aromatic nitrogens is 2. The van der Waals surface area contributed by atoms with Crippen LogP contribution in [0.4, 0.5) is 0 Å². The van der Waals surface area contributed by atoms with Gasteiger partial charge in [0.15, 0.2) is 0 Å². The topological polar surface area (TPSA) is 61.0 Å². The summed E-state index contributed by atoms with van der Waals surface area (Å²) in [5.41, 5.74) is 2.68. The monoisotopic (exact) mass is 262 g/mol. The highest BCUT2D eigenvalue weighted by Crippen LogP contribution is 2.20. The van der Waals surface area contributed by atoms with Gasteiger partial charge in [-0.15, -0.1) is 0 Å². The van der Waals surface area contributed by atoms with Gasteiger partial charge in [-0.3, -0.25) is 9.89 Å². The number of likely N-dealkylation sites (tertiary alicyclic amines) is 1. The predicted octanol–water partition coefficient (Wildman–Crippen LogP) is 0.867. The average Bonchev–Trinajstić information content (AvgIpc) is 2.87. The SMILES string of the molecule is CC(=O)N1CCC(N[C@@H]2CCc3cn[nH]c3C2)CC1. The summed E-state index contributed by atoms with van der Waals surface area (Å²) in [7, 11) is 0. The van der Waals surface area contributed by atoms with E-state index in [1.54, 1.807) is 6.92 Å². The minimum absolute atomic E-state index is 0.207. The summed E-state index contributed by atoms with van der Waals surface area (Å²) >= 11 is 0. The minimum Gasteiger partial charge on any atom is -0.343 e. The number of aromatic amines is 1. The van der Waals surface area contributed by atoms with Crippen molar-refractivity contribution >= 4 is 5.91 Å². The summed E-state index contributed by atoms with van der Waals surface area (Å²) in [4.78, 5) is 13.2. The van der Waals surface area contributed by atoms with Gasteiger partial charge in [-0.2, -0.15) is 5.10 Å². The Morgan fingerprint density at radius 2 is 2.16 bits per heavy atom. The predicted molar refractivity (Wildman–Crippen MR) is 72.8 cm³/mol. The highest BCUT2D eigenvalue weighted by molar-refractivity contribution is 5.73. The Hall–Kier alpha value is -1.36. The fourth-order valence-electron chi connectivity index (χ4n) is 3.24. The van der Waals surface area contributed by atoms with Crippen molar-refractivity contribution in [2.75, 3.05) is 13.1 Å². The molecule has 5 nitrogen and oxygen atoms in total. The fourth-order valence-corrected chi connectivity index (χ4v) is 3.24. The molecule has 0 unspecified atom stereocenters. The van der Waals surface area contributed by atoms with Crippen LogP contribution in [0.25, 0.3) is 0 Å². The van der Waals surface area contributed by atoms with E-state index in [0.29, 0.717) is 12.1 Å². The third-order valence-corrected chi connectivity index (χ3v) is 4.43. The van der Waals surface area contributed by atoms with E-state index in [9.17, 15) is 4.79 Å². The van der Waals surface area contributed by atoms with Crippen LogP contribution in [-0.2, 0) is 17.6 Å². The van der Waals surface area contributed by atoms with Crippen molar-refractivity contribution in [3.63, 3.8) is 0 Å². The summed E-state index contributed by atoms with van der Waals surface area (Å²) < 4.78 is 0. The van der Waals surface area contributed by atoms with Gasteiger partial charge in [0.2, 0.25) is 5.91 Å². The summed E-state index contributed by atoms with van der Waals surface area (Å²) in [6, 6.07) is 1.12. The van der Waals surface area contributed by atoms with Crippen molar-refractivity contribution in [2.45, 2.75) is 51.1 Å². The van der Waals surface area contributed by atoms with E-state index in [2.05, 4.69) is 15.5 Å². The smallest absolute Gasteiger partial charge is 0.219 e. The van der Waals surface area contributed by atoms with E-state index in [1.807, 2.05) is 11.1 Å². The van der Waals surface area contributed by atoms with Crippen molar-refractivity contribution in [1.29, 1.82) is 0 Å². The molecule has 1 aromatic rings. The number of amides is 1. The van der Waals surface area contributed by atoms with Gasteiger partial charge in [0.25, 0.3) is 0 Å². The number of nitrogens with one attached hydrogen (secondary N) is 2. The normalized spacial score (nSPS) is 24.3. The van der Waals surface area contributed by atoms with Crippen LogP contribution in [0.15, 0.2) is 6.20 Å². The molecule has 3 rings (SSSR count). The van der Waals surface area contributed by atoms with Gasteiger partial charge in [-0.25, -0.2) is 0 Å². The van der Waals surface area contributed by atoms with Crippen LogP contribution < -0.4 is 5.32 Å². The number of nitrogens with zero attached hydrogens (tertiary/aromatic N) is 2. The zero-order valence-electron chi connectivity index (χ0n) is 11.5. The van der Waals surface area contributed by atoms with Crippen LogP contribution in [0.3, 0.4) is 0 Å². The molecule has 19 heavy (non-hydrogen) atoms. The first-order chi connectivity index (χ1) is 9.22. The zero-order valence-corrected chi connectivity index (χ0v) is 11.5. The third kappa shape index (κ3) is 2.81. The maximum absolute atomic E-state index is 11.3. The summed E-state index contributed by atoms with van der Waals surface area (Å²) in [6.45, 7) is 3.46. The number of piperidine rings is 1. The molecule has 1 aliphatic heterocycles. The van der Waals surface area contributed by atoms with Crippen LogP contribution in [0.5, 0.6) is 0 Å². The fraction of sp³-hybridized carbons (Fsp3) is 0.714. The molecule has 1 aromatic heterocycles. The Balaban J connectivity index is 1.50. The number of aryl methyl sites for hydroxylation is 1. The molecule has 1 atom stereocenters. The van der Waals surface area contributed by atoms with Crippen LogP contribution in [0.1, 0.15) is 37.4 Å². The first-order valence-electron chi connectivity index (χ1n) is 7.25. The Labute approximate surface area is 113 Å². The van der Waals surface area contributed by atoms with E-state index < -0.39 is 0 Å². The summed E-state index contributed by atoms with van der Waals surface area (Å²) in [5.74, 6) is 0.207. The van der Waals surface area contributed by atoms with Crippen LogP contribution in [-0.4, -0.2) is 46.2 Å². The lowest BCUT2D eigenvalue weighted by Crippen LogP contribution is -2.48. The summed E-state index contributed by atoms with van der Waals surface area (Å²) in [5, 5.41) is 11.0. The van der Waals surface area contributed by atoms with Crippen LogP contribution in [0.2, 0.25) is 0 Å². The minimum atomic E-state index is 0.207. The van der Waals surface area contributed by atoms with Gasteiger partial charge < -0.3 is 10.2 Å². The molecule has 0 radical (unpaired) electrons. The maximum atomic E-state index is 11.3. The van der Waals surface area contributed by atoms with Gasteiger partial charge in [-0.1, -0.05) is 0 Å². The van der Waals surface area contributed by atoms with E-state index in [-0.39, 0.29) is 5.91 Å². The van der Waals surface area contributed by atoms with Gasteiger partial charge >= 0.3 is 0 Å². The maximum Gasteiger partial charge on any atom is 0.219 e. The second kappa shape index (κ2) is 5.33. The second-order valence-electron chi connectivity index (χ2n) is 5.76. The van der Waals surface area contributed by atoms with Gasteiger partial charge in [0.1, 0.15) is 0 Å². The lowest BCUT2D eigenvalue weighted by Gasteiger charge is -2.35. The number of hydrogen-bond acceptors (Lipinski definition) is 3. The quantitative estimate of drug-likeness (QED) is 0.831. The van der Waals surface area contributed by atoms with Gasteiger partial charge in [0, 0.05) is 44.2 Å². The number of carbonyl (C=O) groups excluding carboxylic acids is 1. The number of fused-ring (bicyclic) bond motifs is 1. The highest BCUT2D eigenvalue weighted by Gasteiger charge is 2.25. The molecule has 5 heteroatoms.